The maximum Gasteiger partial charge on any atom is 0.321 e. The van der Waals surface area contributed by atoms with E-state index in [0.717, 1.165) is 0 Å². The van der Waals surface area contributed by atoms with E-state index in [1.165, 1.54) is 13.0 Å². The molecule has 0 radical (unpaired) electrons. The second-order valence-electron chi connectivity index (χ2n) is 4.72. The summed E-state index contributed by atoms with van der Waals surface area (Å²) in [6.45, 7) is 3.58. The molecule has 0 aliphatic carbocycles. The van der Waals surface area contributed by atoms with Crippen LogP contribution < -0.4 is 9.46 Å². The van der Waals surface area contributed by atoms with Crippen molar-refractivity contribution in [3.05, 3.63) is 36.4 Å². The van der Waals surface area contributed by atoms with Crippen LogP contribution in [-0.4, -0.2) is 32.1 Å². The first-order chi connectivity index (χ1) is 10.4. The van der Waals surface area contributed by atoms with Crippen LogP contribution >= 0.6 is 0 Å². The molecule has 2 aromatic carbocycles. The number of ether oxygens (including phenoxy) is 1. The zero-order valence-electron chi connectivity index (χ0n) is 12.2. The van der Waals surface area contributed by atoms with Gasteiger partial charge in [-0.3, -0.25) is 4.79 Å². The van der Waals surface area contributed by atoms with Crippen LogP contribution in [0.5, 0.6) is 5.75 Å². The number of carboxylic acids is 1. The SMILES string of the molecule is CCOc1ccc(S(=O)(=O)N[C@H](C)C(=O)O)c2ccccc12. The molecule has 2 N–H and O–H groups in total. The van der Waals surface area contributed by atoms with E-state index in [9.17, 15) is 13.2 Å². The van der Waals surface area contributed by atoms with Crippen molar-refractivity contribution in [1.82, 2.24) is 4.72 Å². The predicted molar refractivity (Wildman–Crippen MR) is 82.5 cm³/mol. The highest BCUT2D eigenvalue weighted by Gasteiger charge is 2.24. The lowest BCUT2D eigenvalue weighted by Gasteiger charge is -2.14. The molecular formula is C15H17NO5S. The third kappa shape index (κ3) is 3.20. The molecule has 0 aliphatic rings. The molecule has 6 nitrogen and oxygen atoms in total. The van der Waals surface area contributed by atoms with Gasteiger partial charge in [-0.1, -0.05) is 24.3 Å². The largest absolute Gasteiger partial charge is 0.493 e. The van der Waals surface area contributed by atoms with Crippen molar-refractivity contribution in [2.75, 3.05) is 6.61 Å². The van der Waals surface area contributed by atoms with Crippen molar-refractivity contribution in [3.8, 4) is 5.75 Å². The molecule has 0 bridgehead atoms. The number of rotatable bonds is 6. The first kappa shape index (κ1) is 16.3. The predicted octanol–water partition coefficient (Wildman–Crippen LogP) is 1.99. The zero-order chi connectivity index (χ0) is 16.3. The van der Waals surface area contributed by atoms with Crippen molar-refractivity contribution >= 4 is 26.8 Å². The molecule has 2 aromatic rings. The molecule has 2 rings (SSSR count). The molecule has 0 saturated carbocycles. The van der Waals surface area contributed by atoms with Gasteiger partial charge in [-0.15, -0.1) is 0 Å². The summed E-state index contributed by atoms with van der Waals surface area (Å²) < 4.78 is 32.5. The summed E-state index contributed by atoms with van der Waals surface area (Å²) in [6, 6.07) is 8.72. The maximum atomic E-state index is 12.4. The van der Waals surface area contributed by atoms with Gasteiger partial charge in [0.2, 0.25) is 10.0 Å². The third-order valence-electron chi connectivity index (χ3n) is 3.14. The van der Waals surface area contributed by atoms with Gasteiger partial charge >= 0.3 is 5.97 Å². The first-order valence-corrected chi connectivity index (χ1v) is 8.25. The lowest BCUT2D eigenvalue weighted by Crippen LogP contribution is -2.38. The van der Waals surface area contributed by atoms with Gasteiger partial charge in [-0.2, -0.15) is 4.72 Å². The van der Waals surface area contributed by atoms with Gasteiger partial charge in [0, 0.05) is 10.8 Å². The van der Waals surface area contributed by atoms with E-state index in [4.69, 9.17) is 9.84 Å². The number of benzene rings is 2. The normalized spacial score (nSPS) is 13.0. The minimum Gasteiger partial charge on any atom is -0.493 e. The highest BCUT2D eigenvalue weighted by atomic mass is 32.2. The molecule has 7 heteroatoms. The molecule has 22 heavy (non-hydrogen) atoms. The number of nitrogens with one attached hydrogen (secondary N) is 1. The summed E-state index contributed by atoms with van der Waals surface area (Å²) >= 11 is 0. The Hall–Kier alpha value is -2.12. The van der Waals surface area contributed by atoms with Gasteiger partial charge < -0.3 is 9.84 Å². The van der Waals surface area contributed by atoms with E-state index >= 15 is 0 Å². The lowest BCUT2D eigenvalue weighted by molar-refractivity contribution is -0.138. The van der Waals surface area contributed by atoms with Crippen LogP contribution in [0, 0.1) is 0 Å². The van der Waals surface area contributed by atoms with Gasteiger partial charge in [-0.25, -0.2) is 8.42 Å². The van der Waals surface area contributed by atoms with E-state index in [1.807, 2.05) is 6.92 Å². The van der Waals surface area contributed by atoms with Crippen LogP contribution in [0.1, 0.15) is 13.8 Å². The summed E-state index contributed by atoms with van der Waals surface area (Å²) in [5.41, 5.74) is 0. The summed E-state index contributed by atoms with van der Waals surface area (Å²) in [5, 5.41) is 10.0. The van der Waals surface area contributed by atoms with Crippen molar-refractivity contribution in [2.45, 2.75) is 24.8 Å². The van der Waals surface area contributed by atoms with E-state index in [1.54, 1.807) is 30.3 Å². The number of carbonyl (C=O) groups is 1. The average Bonchev–Trinajstić information content (AvgIpc) is 2.47. The Bertz CT molecular complexity index is 801. The standard InChI is InChI=1S/C15H17NO5S/c1-3-21-13-8-9-14(12-7-5-4-6-11(12)13)22(19,20)16-10(2)15(17)18/h4-10,16H,3H2,1-2H3,(H,17,18)/t10-/m1/s1. The van der Waals surface area contributed by atoms with Gasteiger partial charge in [0.05, 0.1) is 11.5 Å². The van der Waals surface area contributed by atoms with Crippen molar-refractivity contribution in [1.29, 1.82) is 0 Å². The fourth-order valence-electron chi connectivity index (χ4n) is 2.11. The molecule has 0 heterocycles. The third-order valence-corrected chi connectivity index (χ3v) is 4.73. The average molecular weight is 323 g/mol. The molecule has 0 spiro atoms. The Morgan fingerprint density at radius 2 is 1.86 bits per heavy atom. The highest BCUT2D eigenvalue weighted by Crippen LogP contribution is 2.31. The number of carboxylic acid groups (broad SMARTS) is 1. The highest BCUT2D eigenvalue weighted by molar-refractivity contribution is 7.89. The summed E-state index contributed by atoms with van der Waals surface area (Å²) in [6.07, 6.45) is 0. The van der Waals surface area contributed by atoms with Crippen molar-refractivity contribution < 1.29 is 23.1 Å². The van der Waals surface area contributed by atoms with Gasteiger partial charge in [-0.05, 0) is 26.0 Å². The van der Waals surface area contributed by atoms with Crippen molar-refractivity contribution in [2.24, 2.45) is 0 Å². The van der Waals surface area contributed by atoms with Crippen LogP contribution in [0.15, 0.2) is 41.3 Å². The Morgan fingerprint density at radius 1 is 1.23 bits per heavy atom. The Kier molecular flexibility index (Phi) is 4.68. The molecule has 0 amide bonds. The lowest BCUT2D eigenvalue weighted by atomic mass is 10.1. The molecule has 1 atom stereocenters. The van der Waals surface area contributed by atoms with Gasteiger partial charge in [0.1, 0.15) is 11.8 Å². The second kappa shape index (κ2) is 6.33. The van der Waals surface area contributed by atoms with Crippen LogP contribution in [0.25, 0.3) is 10.8 Å². The molecule has 0 saturated heterocycles. The fourth-order valence-corrected chi connectivity index (χ4v) is 3.51. The number of aliphatic carboxylic acids is 1. The Balaban J connectivity index is 2.57. The van der Waals surface area contributed by atoms with E-state index in [2.05, 4.69) is 4.72 Å². The minimum atomic E-state index is -3.95. The fraction of sp³-hybridized carbons (Fsp3) is 0.267. The minimum absolute atomic E-state index is 0.0275. The summed E-state index contributed by atoms with van der Waals surface area (Å²) in [5.74, 6) is -0.651. The van der Waals surface area contributed by atoms with Gasteiger partial charge in [0.15, 0.2) is 0 Å². The summed E-state index contributed by atoms with van der Waals surface area (Å²) in [4.78, 5) is 10.9. The summed E-state index contributed by atoms with van der Waals surface area (Å²) in [7, 11) is -3.95. The molecule has 118 valence electrons. The van der Waals surface area contributed by atoms with Gasteiger partial charge in [0.25, 0.3) is 0 Å². The monoisotopic (exact) mass is 323 g/mol. The van der Waals surface area contributed by atoms with Crippen LogP contribution in [-0.2, 0) is 14.8 Å². The quantitative estimate of drug-likeness (QED) is 0.848. The van der Waals surface area contributed by atoms with E-state index in [0.29, 0.717) is 23.1 Å². The van der Waals surface area contributed by atoms with Crippen LogP contribution in [0.3, 0.4) is 0 Å². The second-order valence-corrected chi connectivity index (χ2v) is 6.40. The van der Waals surface area contributed by atoms with E-state index in [-0.39, 0.29) is 4.90 Å². The maximum absolute atomic E-state index is 12.4. The number of hydrogen-bond donors (Lipinski definition) is 2. The molecule has 0 aliphatic heterocycles. The molecule has 0 fully saturated rings. The molecular weight excluding hydrogens is 306 g/mol. The zero-order valence-corrected chi connectivity index (χ0v) is 13.1. The topological polar surface area (TPSA) is 92.7 Å². The number of hydrogen-bond acceptors (Lipinski definition) is 4. The number of sulfonamides is 1. The molecule has 0 unspecified atom stereocenters. The van der Waals surface area contributed by atoms with Crippen LogP contribution in [0.4, 0.5) is 0 Å². The first-order valence-electron chi connectivity index (χ1n) is 6.76. The van der Waals surface area contributed by atoms with E-state index < -0.39 is 22.0 Å². The number of fused-ring (bicyclic) bond motifs is 1. The van der Waals surface area contributed by atoms with Crippen molar-refractivity contribution in [3.63, 3.8) is 0 Å². The molecule has 0 aromatic heterocycles. The van der Waals surface area contributed by atoms with Crippen LogP contribution in [0.2, 0.25) is 0 Å². The Labute approximate surface area is 128 Å². The smallest absolute Gasteiger partial charge is 0.321 e. The Morgan fingerprint density at radius 3 is 2.45 bits per heavy atom.